The van der Waals surface area contributed by atoms with Gasteiger partial charge in [-0.1, -0.05) is 15.9 Å². The Bertz CT molecular complexity index is 376. The van der Waals surface area contributed by atoms with Crippen LogP contribution >= 0.6 is 28.3 Å². The van der Waals surface area contributed by atoms with Crippen LogP contribution < -0.4 is 5.73 Å². The number of hydrogen-bond donors (Lipinski definition) is 1. The minimum Gasteiger partial charge on any atom is -0.340 e. The number of halogens is 3. The predicted molar refractivity (Wildman–Crippen MR) is 66.9 cm³/mol. The van der Waals surface area contributed by atoms with Crippen LogP contribution in [0.5, 0.6) is 0 Å². The van der Waals surface area contributed by atoms with E-state index in [1.807, 2.05) is 0 Å². The van der Waals surface area contributed by atoms with Crippen LogP contribution in [0.2, 0.25) is 0 Å². The van der Waals surface area contributed by atoms with Gasteiger partial charge in [-0.05, 0) is 18.2 Å². The SMILES string of the molecule is CN(Cc1cc(Br)ccc1F)C(=O)CN.Cl. The molecule has 16 heavy (non-hydrogen) atoms. The number of nitrogens with zero attached hydrogens (tertiary/aromatic N) is 1. The van der Waals surface area contributed by atoms with Crippen LogP contribution in [0.15, 0.2) is 22.7 Å². The standard InChI is InChI=1S/C10H12BrFN2O.ClH/c1-14(10(15)5-13)6-7-4-8(11)2-3-9(7)12;/h2-4H,5-6,13H2,1H3;1H. The molecule has 0 heterocycles. The van der Waals surface area contributed by atoms with Gasteiger partial charge in [-0.3, -0.25) is 4.79 Å². The molecule has 0 atom stereocenters. The topological polar surface area (TPSA) is 46.3 Å². The summed E-state index contributed by atoms with van der Waals surface area (Å²) >= 11 is 3.25. The molecule has 1 aromatic carbocycles. The number of nitrogens with two attached hydrogens (primary N) is 1. The first-order valence-corrected chi connectivity index (χ1v) is 5.22. The first-order valence-electron chi connectivity index (χ1n) is 4.42. The minimum absolute atomic E-state index is 0. The lowest BCUT2D eigenvalue weighted by molar-refractivity contribution is -0.128. The molecule has 0 bridgehead atoms. The lowest BCUT2D eigenvalue weighted by Gasteiger charge is -2.16. The van der Waals surface area contributed by atoms with E-state index >= 15 is 0 Å². The maximum absolute atomic E-state index is 13.3. The molecule has 0 aliphatic heterocycles. The lowest BCUT2D eigenvalue weighted by Crippen LogP contribution is -2.32. The van der Waals surface area contributed by atoms with Crippen molar-refractivity contribution in [3.8, 4) is 0 Å². The molecule has 0 unspecified atom stereocenters. The van der Waals surface area contributed by atoms with E-state index in [4.69, 9.17) is 5.73 Å². The molecule has 0 fully saturated rings. The molecule has 0 aromatic heterocycles. The number of likely N-dealkylation sites (N-methyl/N-ethyl adjacent to an activating group) is 1. The zero-order valence-electron chi connectivity index (χ0n) is 8.74. The second-order valence-electron chi connectivity index (χ2n) is 3.19. The van der Waals surface area contributed by atoms with E-state index in [-0.39, 0.29) is 37.2 Å². The summed E-state index contributed by atoms with van der Waals surface area (Å²) in [4.78, 5) is 12.6. The highest BCUT2D eigenvalue weighted by atomic mass is 79.9. The molecule has 0 spiro atoms. The molecule has 0 saturated carbocycles. The van der Waals surface area contributed by atoms with E-state index < -0.39 is 0 Å². The molecule has 1 amide bonds. The summed E-state index contributed by atoms with van der Waals surface area (Å²) < 4.78 is 14.1. The summed E-state index contributed by atoms with van der Waals surface area (Å²) in [7, 11) is 1.59. The summed E-state index contributed by atoms with van der Waals surface area (Å²) in [6.07, 6.45) is 0. The molecule has 0 radical (unpaired) electrons. The number of hydrogen-bond acceptors (Lipinski definition) is 2. The van der Waals surface area contributed by atoms with Crippen LogP contribution in [-0.2, 0) is 11.3 Å². The predicted octanol–water partition coefficient (Wildman–Crippen LogP) is 1.93. The van der Waals surface area contributed by atoms with Gasteiger partial charge in [-0.15, -0.1) is 12.4 Å². The molecule has 0 aliphatic carbocycles. The van der Waals surface area contributed by atoms with Crippen LogP contribution in [0.3, 0.4) is 0 Å². The van der Waals surface area contributed by atoms with Crippen molar-refractivity contribution >= 4 is 34.2 Å². The molecule has 1 aromatic rings. The second-order valence-corrected chi connectivity index (χ2v) is 4.11. The van der Waals surface area contributed by atoms with E-state index in [9.17, 15) is 9.18 Å². The highest BCUT2D eigenvalue weighted by molar-refractivity contribution is 9.10. The van der Waals surface area contributed by atoms with Crippen molar-refractivity contribution < 1.29 is 9.18 Å². The summed E-state index contributed by atoms with van der Waals surface area (Å²) in [6, 6.07) is 4.62. The van der Waals surface area contributed by atoms with Crippen molar-refractivity contribution in [2.45, 2.75) is 6.54 Å². The van der Waals surface area contributed by atoms with E-state index in [2.05, 4.69) is 15.9 Å². The average molecular weight is 312 g/mol. The zero-order valence-corrected chi connectivity index (χ0v) is 11.1. The third-order valence-electron chi connectivity index (χ3n) is 2.02. The van der Waals surface area contributed by atoms with Crippen molar-refractivity contribution in [3.63, 3.8) is 0 Å². The van der Waals surface area contributed by atoms with Crippen LogP contribution in [0.25, 0.3) is 0 Å². The quantitative estimate of drug-likeness (QED) is 0.927. The monoisotopic (exact) mass is 310 g/mol. The van der Waals surface area contributed by atoms with Crippen LogP contribution in [0.4, 0.5) is 4.39 Å². The maximum Gasteiger partial charge on any atom is 0.236 e. The van der Waals surface area contributed by atoms with Gasteiger partial charge in [0.25, 0.3) is 0 Å². The molecular weight excluding hydrogens is 298 g/mol. The fourth-order valence-corrected chi connectivity index (χ4v) is 1.57. The van der Waals surface area contributed by atoms with Gasteiger partial charge < -0.3 is 10.6 Å². The minimum atomic E-state index is -0.324. The van der Waals surface area contributed by atoms with Crippen LogP contribution in [-0.4, -0.2) is 24.4 Å². The fourth-order valence-electron chi connectivity index (χ4n) is 1.16. The molecule has 2 N–H and O–H groups in total. The van der Waals surface area contributed by atoms with Gasteiger partial charge in [-0.2, -0.15) is 0 Å². The summed E-state index contributed by atoms with van der Waals surface area (Å²) in [5.41, 5.74) is 5.67. The maximum atomic E-state index is 13.3. The second kappa shape index (κ2) is 6.83. The summed E-state index contributed by atoms with van der Waals surface area (Å²) in [5, 5.41) is 0. The molecule has 6 heteroatoms. The normalized spacial score (nSPS) is 9.50. The van der Waals surface area contributed by atoms with Gasteiger partial charge in [0.2, 0.25) is 5.91 Å². The average Bonchev–Trinajstić information content (AvgIpc) is 2.22. The van der Waals surface area contributed by atoms with Crippen molar-refractivity contribution in [2.24, 2.45) is 5.73 Å². The molecule has 3 nitrogen and oxygen atoms in total. The zero-order chi connectivity index (χ0) is 11.4. The molecule has 90 valence electrons. The molecule has 1 rings (SSSR count). The van der Waals surface area contributed by atoms with Gasteiger partial charge in [-0.25, -0.2) is 4.39 Å². The van der Waals surface area contributed by atoms with Crippen LogP contribution in [0.1, 0.15) is 5.56 Å². The van der Waals surface area contributed by atoms with E-state index in [0.717, 1.165) is 4.47 Å². The van der Waals surface area contributed by atoms with Gasteiger partial charge in [0, 0.05) is 23.6 Å². The number of benzene rings is 1. The Kier molecular flexibility index (Phi) is 6.55. The Labute approximate surface area is 108 Å². The van der Waals surface area contributed by atoms with E-state index in [1.165, 1.54) is 11.0 Å². The van der Waals surface area contributed by atoms with Crippen molar-refractivity contribution in [2.75, 3.05) is 13.6 Å². The molecule has 0 aliphatic rings. The first kappa shape index (κ1) is 15.3. The van der Waals surface area contributed by atoms with Gasteiger partial charge >= 0.3 is 0 Å². The van der Waals surface area contributed by atoms with Gasteiger partial charge in [0.15, 0.2) is 0 Å². The van der Waals surface area contributed by atoms with Crippen LogP contribution in [0, 0.1) is 5.82 Å². The molecular formula is C10H13BrClFN2O. The third-order valence-corrected chi connectivity index (χ3v) is 2.51. The summed E-state index contributed by atoms with van der Waals surface area (Å²) in [6.45, 7) is 0.160. The number of rotatable bonds is 3. The summed E-state index contributed by atoms with van der Waals surface area (Å²) in [5.74, 6) is -0.538. The number of carbonyl (C=O) groups is 1. The Morgan fingerprint density at radius 2 is 2.19 bits per heavy atom. The van der Waals surface area contributed by atoms with E-state index in [1.54, 1.807) is 19.2 Å². The largest absolute Gasteiger partial charge is 0.340 e. The van der Waals surface area contributed by atoms with Gasteiger partial charge in [0.1, 0.15) is 5.82 Å². The van der Waals surface area contributed by atoms with E-state index in [0.29, 0.717) is 5.56 Å². The van der Waals surface area contributed by atoms with Crippen molar-refractivity contribution in [3.05, 3.63) is 34.1 Å². The Morgan fingerprint density at radius 1 is 1.56 bits per heavy atom. The first-order chi connectivity index (χ1) is 7.04. The fraction of sp³-hybridized carbons (Fsp3) is 0.300. The highest BCUT2D eigenvalue weighted by Crippen LogP contribution is 2.16. The van der Waals surface area contributed by atoms with Crippen molar-refractivity contribution in [1.82, 2.24) is 4.90 Å². The third kappa shape index (κ3) is 4.08. The number of carbonyl (C=O) groups excluding carboxylic acids is 1. The number of amides is 1. The highest BCUT2D eigenvalue weighted by Gasteiger charge is 2.10. The van der Waals surface area contributed by atoms with Crippen molar-refractivity contribution in [1.29, 1.82) is 0 Å². The smallest absolute Gasteiger partial charge is 0.236 e. The molecule has 0 saturated heterocycles. The lowest BCUT2D eigenvalue weighted by atomic mass is 10.2. The Hall–Kier alpha value is -0.650. The Morgan fingerprint density at radius 3 is 2.75 bits per heavy atom. The Balaban J connectivity index is 0.00000225. The van der Waals surface area contributed by atoms with Gasteiger partial charge in [0.05, 0.1) is 6.54 Å².